The van der Waals surface area contributed by atoms with Gasteiger partial charge in [-0.1, -0.05) is 0 Å². The molecule has 0 radical (unpaired) electrons. The van der Waals surface area contributed by atoms with E-state index in [-0.39, 0.29) is 6.04 Å². The van der Waals surface area contributed by atoms with E-state index in [1.807, 2.05) is 6.07 Å². The zero-order valence-electron chi connectivity index (χ0n) is 8.76. The van der Waals surface area contributed by atoms with E-state index < -0.39 is 0 Å². The van der Waals surface area contributed by atoms with E-state index in [1.165, 1.54) is 4.88 Å². The minimum Gasteiger partial charge on any atom is -0.323 e. The highest BCUT2D eigenvalue weighted by Gasteiger charge is 2.22. The number of aromatic nitrogens is 3. The van der Waals surface area contributed by atoms with Gasteiger partial charge in [0.2, 0.25) is 0 Å². The first-order chi connectivity index (χ1) is 7.84. The summed E-state index contributed by atoms with van der Waals surface area (Å²) in [6, 6.07) is 1.90. The van der Waals surface area contributed by atoms with Gasteiger partial charge in [0.1, 0.15) is 0 Å². The smallest absolute Gasteiger partial charge is 0.188 e. The van der Waals surface area contributed by atoms with Crippen LogP contribution in [0.3, 0.4) is 0 Å². The number of nitrogens with two attached hydrogens (primary N) is 1. The highest BCUT2D eigenvalue weighted by Crippen LogP contribution is 2.34. The fourth-order valence-electron chi connectivity index (χ4n) is 1.96. The number of nitrogens with zero attached hydrogens (tertiary/aromatic N) is 3. The van der Waals surface area contributed by atoms with Gasteiger partial charge in [0.15, 0.2) is 10.8 Å². The molecule has 0 spiro atoms. The van der Waals surface area contributed by atoms with E-state index in [0.29, 0.717) is 5.82 Å². The Hall–Kier alpha value is -1.33. The van der Waals surface area contributed by atoms with Gasteiger partial charge in [-0.05, 0) is 25.3 Å². The Balaban J connectivity index is 2.05. The molecule has 0 bridgehead atoms. The first-order valence-electron chi connectivity index (χ1n) is 5.37. The number of thiazole rings is 1. The van der Waals surface area contributed by atoms with Gasteiger partial charge in [-0.3, -0.25) is 0 Å². The zero-order valence-corrected chi connectivity index (χ0v) is 9.57. The van der Waals surface area contributed by atoms with Crippen molar-refractivity contribution in [3.8, 4) is 10.8 Å². The van der Waals surface area contributed by atoms with Crippen LogP contribution in [0.15, 0.2) is 18.5 Å². The van der Waals surface area contributed by atoms with Crippen molar-refractivity contribution in [3.63, 3.8) is 0 Å². The summed E-state index contributed by atoms with van der Waals surface area (Å²) in [4.78, 5) is 14.3. The minimum atomic E-state index is 0.0949. The molecule has 0 amide bonds. The standard InChI is InChI=1S/C11H12N4S/c12-7-3-1-4-8-9(7)15-11(16-8)10-13-5-2-6-14-10/h2,5-7H,1,3-4,12H2. The molecule has 4 nitrogen and oxygen atoms in total. The van der Waals surface area contributed by atoms with Crippen molar-refractivity contribution in [1.29, 1.82) is 0 Å². The Morgan fingerprint density at radius 3 is 2.88 bits per heavy atom. The molecule has 5 heteroatoms. The maximum Gasteiger partial charge on any atom is 0.188 e. The molecule has 2 N–H and O–H groups in total. The van der Waals surface area contributed by atoms with Gasteiger partial charge in [0, 0.05) is 23.3 Å². The van der Waals surface area contributed by atoms with E-state index in [2.05, 4.69) is 15.0 Å². The summed E-state index contributed by atoms with van der Waals surface area (Å²) < 4.78 is 0. The van der Waals surface area contributed by atoms with E-state index in [4.69, 9.17) is 5.73 Å². The van der Waals surface area contributed by atoms with E-state index in [1.54, 1.807) is 23.7 Å². The fourth-order valence-corrected chi connectivity index (χ4v) is 3.08. The number of hydrogen-bond donors (Lipinski definition) is 1. The van der Waals surface area contributed by atoms with Gasteiger partial charge >= 0.3 is 0 Å². The molecule has 1 aliphatic rings. The summed E-state index contributed by atoms with van der Waals surface area (Å²) in [5, 5.41) is 0.892. The second kappa shape index (κ2) is 3.92. The van der Waals surface area contributed by atoms with E-state index >= 15 is 0 Å². The molecule has 1 atom stereocenters. The first-order valence-corrected chi connectivity index (χ1v) is 6.19. The van der Waals surface area contributed by atoms with Crippen LogP contribution >= 0.6 is 11.3 Å². The summed E-state index contributed by atoms with van der Waals surface area (Å²) in [6.45, 7) is 0. The second-order valence-electron chi connectivity index (χ2n) is 3.90. The van der Waals surface area contributed by atoms with E-state index in [9.17, 15) is 0 Å². The van der Waals surface area contributed by atoms with Crippen molar-refractivity contribution in [2.45, 2.75) is 25.3 Å². The maximum atomic E-state index is 6.04. The SMILES string of the molecule is NC1CCCc2sc(-c3ncccn3)nc21. The van der Waals surface area contributed by atoms with Crippen LogP contribution in [0.1, 0.15) is 29.5 Å². The largest absolute Gasteiger partial charge is 0.323 e. The molecule has 1 aliphatic carbocycles. The number of aryl methyl sites for hydroxylation is 1. The maximum absolute atomic E-state index is 6.04. The molecule has 3 rings (SSSR count). The summed E-state index contributed by atoms with van der Waals surface area (Å²) >= 11 is 1.68. The molecule has 2 aromatic heterocycles. The van der Waals surface area contributed by atoms with Crippen molar-refractivity contribution in [2.24, 2.45) is 5.73 Å². The summed E-state index contributed by atoms with van der Waals surface area (Å²) in [5.41, 5.74) is 7.10. The highest BCUT2D eigenvalue weighted by molar-refractivity contribution is 7.15. The molecule has 2 aromatic rings. The van der Waals surface area contributed by atoms with Crippen LogP contribution in [0.2, 0.25) is 0 Å². The molecule has 16 heavy (non-hydrogen) atoms. The van der Waals surface area contributed by atoms with Gasteiger partial charge in [0.05, 0.1) is 5.69 Å². The van der Waals surface area contributed by atoms with Crippen LogP contribution in [-0.4, -0.2) is 15.0 Å². The third kappa shape index (κ3) is 1.62. The lowest BCUT2D eigenvalue weighted by atomic mass is 9.99. The fraction of sp³-hybridized carbons (Fsp3) is 0.364. The molecular weight excluding hydrogens is 220 g/mol. The van der Waals surface area contributed by atoms with E-state index in [0.717, 1.165) is 30.0 Å². The third-order valence-electron chi connectivity index (χ3n) is 2.75. The predicted octanol–water partition coefficient (Wildman–Crippen LogP) is 1.94. The van der Waals surface area contributed by atoms with Crippen molar-refractivity contribution >= 4 is 11.3 Å². The number of fused-ring (bicyclic) bond motifs is 1. The third-order valence-corrected chi connectivity index (χ3v) is 3.88. The Labute approximate surface area is 97.6 Å². The van der Waals surface area contributed by atoms with Crippen LogP contribution < -0.4 is 5.73 Å². The first kappa shape index (κ1) is 9.86. The average molecular weight is 232 g/mol. The molecule has 0 fully saturated rings. The lowest BCUT2D eigenvalue weighted by Gasteiger charge is -2.15. The lowest BCUT2D eigenvalue weighted by molar-refractivity contribution is 0.564. The molecule has 82 valence electrons. The lowest BCUT2D eigenvalue weighted by Crippen LogP contribution is -2.16. The van der Waals surface area contributed by atoms with Crippen molar-refractivity contribution in [3.05, 3.63) is 29.0 Å². The summed E-state index contributed by atoms with van der Waals surface area (Å²) in [6.07, 6.45) is 6.76. The molecular formula is C11H12N4S. The summed E-state index contributed by atoms with van der Waals surface area (Å²) in [7, 11) is 0. The summed E-state index contributed by atoms with van der Waals surface area (Å²) in [5.74, 6) is 0.703. The topological polar surface area (TPSA) is 64.7 Å². The Kier molecular flexibility index (Phi) is 2.41. The highest BCUT2D eigenvalue weighted by atomic mass is 32.1. The molecule has 1 unspecified atom stereocenters. The second-order valence-corrected chi connectivity index (χ2v) is 4.98. The molecule has 2 heterocycles. The number of hydrogen-bond acceptors (Lipinski definition) is 5. The van der Waals surface area contributed by atoms with Crippen molar-refractivity contribution in [1.82, 2.24) is 15.0 Å². The Bertz CT molecular complexity index is 494. The van der Waals surface area contributed by atoms with Crippen LogP contribution in [-0.2, 0) is 6.42 Å². The van der Waals surface area contributed by atoms with Crippen molar-refractivity contribution in [2.75, 3.05) is 0 Å². The quantitative estimate of drug-likeness (QED) is 0.816. The minimum absolute atomic E-state index is 0.0949. The molecule has 0 aromatic carbocycles. The number of rotatable bonds is 1. The molecule has 0 aliphatic heterocycles. The zero-order chi connectivity index (χ0) is 11.0. The van der Waals surface area contributed by atoms with Crippen LogP contribution in [0.25, 0.3) is 10.8 Å². The Morgan fingerprint density at radius 2 is 2.12 bits per heavy atom. The predicted molar refractivity (Wildman–Crippen MR) is 63.0 cm³/mol. The van der Waals surface area contributed by atoms with Crippen LogP contribution in [0.4, 0.5) is 0 Å². The van der Waals surface area contributed by atoms with Gasteiger partial charge in [-0.25, -0.2) is 15.0 Å². The van der Waals surface area contributed by atoms with Gasteiger partial charge in [0.25, 0.3) is 0 Å². The van der Waals surface area contributed by atoms with Crippen molar-refractivity contribution < 1.29 is 0 Å². The normalized spacial score (nSPS) is 19.4. The van der Waals surface area contributed by atoms with Gasteiger partial charge in [-0.15, -0.1) is 11.3 Å². The van der Waals surface area contributed by atoms with Gasteiger partial charge in [-0.2, -0.15) is 0 Å². The van der Waals surface area contributed by atoms with Crippen LogP contribution in [0, 0.1) is 0 Å². The van der Waals surface area contributed by atoms with Gasteiger partial charge < -0.3 is 5.73 Å². The Morgan fingerprint density at radius 1 is 1.31 bits per heavy atom. The molecule has 0 saturated heterocycles. The average Bonchev–Trinajstić information content (AvgIpc) is 2.76. The molecule has 0 saturated carbocycles. The van der Waals surface area contributed by atoms with Crippen LogP contribution in [0.5, 0.6) is 0 Å². The monoisotopic (exact) mass is 232 g/mol.